The molecule has 3 rings (SSSR count). The van der Waals surface area contributed by atoms with Crippen molar-refractivity contribution in [2.75, 3.05) is 0 Å². The van der Waals surface area contributed by atoms with Crippen molar-refractivity contribution in [3.8, 4) is 11.4 Å². The van der Waals surface area contributed by atoms with Crippen molar-refractivity contribution in [3.63, 3.8) is 0 Å². The highest BCUT2D eigenvalue weighted by atomic mass is 16.4. The van der Waals surface area contributed by atoms with E-state index < -0.39 is 0 Å². The molecule has 140 valence electrons. The third kappa shape index (κ3) is 4.75. The van der Waals surface area contributed by atoms with Gasteiger partial charge in [-0.05, 0) is 12.8 Å². The summed E-state index contributed by atoms with van der Waals surface area (Å²) < 4.78 is 5.19. The molecule has 2 N–H and O–H groups in total. The number of benzene rings is 1. The average Bonchev–Trinajstić information content (AvgIpc) is 3.22. The van der Waals surface area contributed by atoms with E-state index >= 15 is 0 Å². The van der Waals surface area contributed by atoms with E-state index in [9.17, 15) is 0 Å². The van der Waals surface area contributed by atoms with Crippen LogP contribution in [0.3, 0.4) is 0 Å². The van der Waals surface area contributed by atoms with Crippen molar-refractivity contribution in [2.24, 2.45) is 10.9 Å². The Bertz CT molecular complexity index is 931. The molecule has 7 heteroatoms. The van der Waals surface area contributed by atoms with E-state index in [0.29, 0.717) is 23.0 Å². The molecule has 0 spiro atoms. The summed E-state index contributed by atoms with van der Waals surface area (Å²) in [5, 5.41) is 8.67. The number of hydrogen-bond acceptors (Lipinski definition) is 6. The Morgan fingerprint density at radius 2 is 2.04 bits per heavy atom. The van der Waals surface area contributed by atoms with Crippen molar-refractivity contribution < 1.29 is 4.42 Å². The third-order valence-electron chi connectivity index (χ3n) is 4.37. The molecule has 0 fully saturated rings. The number of aromatic amines is 1. The maximum Gasteiger partial charge on any atom is 0.324 e. The molecule has 0 bridgehead atoms. The lowest BCUT2D eigenvalue weighted by Gasteiger charge is -2.15. The van der Waals surface area contributed by atoms with Crippen molar-refractivity contribution in [1.29, 1.82) is 5.41 Å². The van der Waals surface area contributed by atoms with Gasteiger partial charge in [0.25, 0.3) is 0 Å². The molecular formula is C20H24N6O. The van der Waals surface area contributed by atoms with Gasteiger partial charge in [-0.1, -0.05) is 57.0 Å². The average molecular weight is 364 g/mol. The second kappa shape index (κ2) is 9.02. The topological polar surface area (TPSA) is 104 Å². The van der Waals surface area contributed by atoms with Crippen LogP contribution < -0.4 is 5.62 Å². The summed E-state index contributed by atoms with van der Waals surface area (Å²) in [5.74, 6) is 1.15. The smallest absolute Gasteiger partial charge is 0.324 e. The van der Waals surface area contributed by atoms with Crippen LogP contribution in [0.15, 0.2) is 52.2 Å². The second-order valence-electron chi connectivity index (χ2n) is 6.30. The first-order valence-electron chi connectivity index (χ1n) is 9.28. The minimum absolute atomic E-state index is 0.148. The van der Waals surface area contributed by atoms with E-state index in [1.807, 2.05) is 30.3 Å². The van der Waals surface area contributed by atoms with Crippen molar-refractivity contribution in [1.82, 2.24) is 19.9 Å². The highest BCUT2D eigenvalue weighted by Gasteiger charge is 2.17. The summed E-state index contributed by atoms with van der Waals surface area (Å²) in [6.07, 6.45) is 7.04. The summed E-state index contributed by atoms with van der Waals surface area (Å²) in [6.45, 7) is 4.26. The quantitative estimate of drug-likeness (QED) is 0.582. The van der Waals surface area contributed by atoms with Gasteiger partial charge in [0, 0.05) is 11.5 Å². The Morgan fingerprint density at radius 3 is 2.70 bits per heavy atom. The van der Waals surface area contributed by atoms with Gasteiger partial charge in [0.1, 0.15) is 6.26 Å². The zero-order chi connectivity index (χ0) is 19.1. The molecule has 2 heterocycles. The summed E-state index contributed by atoms with van der Waals surface area (Å²) in [7, 11) is 0. The van der Waals surface area contributed by atoms with Crippen LogP contribution >= 0.6 is 0 Å². The van der Waals surface area contributed by atoms with E-state index in [1.165, 1.54) is 12.5 Å². The molecule has 0 amide bonds. The van der Waals surface area contributed by atoms with Gasteiger partial charge in [-0.15, -0.1) is 0 Å². The SMILES string of the molecule is CCCCC(CC)C(=N)c1nc(-c2ccccc2)nc(=Nc2ncco2)[nH]1. The first kappa shape index (κ1) is 18.7. The Balaban J connectivity index is 2.06. The highest BCUT2D eigenvalue weighted by Crippen LogP contribution is 2.18. The normalized spacial score (nSPS) is 12.9. The molecule has 1 unspecified atom stereocenters. The molecule has 0 aliphatic rings. The van der Waals surface area contributed by atoms with Crippen molar-refractivity contribution in [3.05, 3.63) is 54.2 Å². The fourth-order valence-electron chi connectivity index (χ4n) is 2.85. The predicted octanol–water partition coefficient (Wildman–Crippen LogP) is 4.28. The lowest BCUT2D eigenvalue weighted by atomic mass is 9.93. The molecule has 0 saturated carbocycles. The maximum atomic E-state index is 8.67. The van der Waals surface area contributed by atoms with Gasteiger partial charge in [0.15, 0.2) is 11.6 Å². The summed E-state index contributed by atoms with van der Waals surface area (Å²) in [5.41, 5.74) is 1.66. The Hall–Kier alpha value is -3.09. The summed E-state index contributed by atoms with van der Waals surface area (Å²) >= 11 is 0. The standard InChI is InChI=1S/C20H24N6O/c1-3-5-9-14(4-2)16(21)18-23-17(15-10-7-6-8-11-15)24-19(25-18)26-20-22-12-13-27-20/h6-8,10-14,21H,3-5,9H2,1-2H3,(H,22,23,24,25,26). The molecule has 1 atom stereocenters. The molecule has 3 aromatic rings. The van der Waals surface area contributed by atoms with Crippen molar-refractivity contribution >= 4 is 11.7 Å². The van der Waals surface area contributed by atoms with E-state index in [0.717, 1.165) is 31.2 Å². The molecule has 0 radical (unpaired) electrons. The molecule has 1 aromatic carbocycles. The summed E-state index contributed by atoms with van der Waals surface area (Å²) in [4.78, 5) is 20.5. The van der Waals surface area contributed by atoms with Crippen LogP contribution in [0.2, 0.25) is 0 Å². The number of nitrogens with zero attached hydrogens (tertiary/aromatic N) is 4. The van der Waals surface area contributed by atoms with Crippen LogP contribution in [0.4, 0.5) is 6.01 Å². The van der Waals surface area contributed by atoms with Crippen LogP contribution in [0.25, 0.3) is 11.4 Å². The number of oxazole rings is 1. The van der Waals surface area contributed by atoms with Crippen LogP contribution in [0.5, 0.6) is 0 Å². The Morgan fingerprint density at radius 1 is 1.22 bits per heavy atom. The second-order valence-corrected chi connectivity index (χ2v) is 6.30. The van der Waals surface area contributed by atoms with Gasteiger partial charge in [-0.2, -0.15) is 9.98 Å². The molecular weight excluding hydrogens is 340 g/mol. The van der Waals surface area contributed by atoms with Gasteiger partial charge in [0.05, 0.1) is 11.9 Å². The van der Waals surface area contributed by atoms with Gasteiger partial charge in [-0.25, -0.2) is 9.97 Å². The first-order chi connectivity index (χ1) is 13.2. The number of aromatic nitrogens is 4. The molecule has 7 nitrogen and oxygen atoms in total. The van der Waals surface area contributed by atoms with Crippen LogP contribution in [0.1, 0.15) is 45.4 Å². The number of H-pyrrole nitrogens is 1. The minimum Gasteiger partial charge on any atom is -0.431 e. The number of hydrogen-bond donors (Lipinski definition) is 2. The van der Waals surface area contributed by atoms with Crippen LogP contribution in [0, 0.1) is 11.3 Å². The zero-order valence-electron chi connectivity index (χ0n) is 15.6. The number of rotatable bonds is 8. The van der Waals surface area contributed by atoms with E-state index in [4.69, 9.17) is 9.83 Å². The van der Waals surface area contributed by atoms with Gasteiger partial charge in [-0.3, -0.25) is 0 Å². The minimum atomic E-state index is 0.148. The van der Waals surface area contributed by atoms with E-state index in [2.05, 4.69) is 38.8 Å². The fourth-order valence-corrected chi connectivity index (χ4v) is 2.85. The first-order valence-corrected chi connectivity index (χ1v) is 9.28. The number of nitrogens with one attached hydrogen (secondary N) is 2. The largest absolute Gasteiger partial charge is 0.431 e. The Kier molecular flexibility index (Phi) is 6.25. The molecule has 2 aromatic heterocycles. The van der Waals surface area contributed by atoms with Gasteiger partial charge in [0.2, 0.25) is 5.62 Å². The zero-order valence-corrected chi connectivity index (χ0v) is 15.6. The molecule has 0 aliphatic heterocycles. The summed E-state index contributed by atoms with van der Waals surface area (Å²) in [6, 6.07) is 9.89. The lowest BCUT2D eigenvalue weighted by molar-refractivity contribution is 0.561. The Labute approximate surface area is 158 Å². The molecule has 27 heavy (non-hydrogen) atoms. The lowest BCUT2D eigenvalue weighted by Crippen LogP contribution is -2.24. The number of unbranched alkanes of at least 4 members (excludes halogenated alkanes) is 1. The maximum absolute atomic E-state index is 8.67. The van der Waals surface area contributed by atoms with E-state index in [-0.39, 0.29) is 11.9 Å². The molecule has 0 aliphatic carbocycles. The van der Waals surface area contributed by atoms with E-state index in [1.54, 1.807) is 0 Å². The predicted molar refractivity (Wildman–Crippen MR) is 104 cm³/mol. The van der Waals surface area contributed by atoms with Crippen LogP contribution in [-0.4, -0.2) is 25.6 Å². The molecule has 0 saturated heterocycles. The monoisotopic (exact) mass is 364 g/mol. The van der Waals surface area contributed by atoms with Crippen molar-refractivity contribution in [2.45, 2.75) is 39.5 Å². The highest BCUT2D eigenvalue weighted by molar-refractivity contribution is 5.96. The third-order valence-corrected chi connectivity index (χ3v) is 4.37. The fraction of sp³-hybridized carbons (Fsp3) is 0.350. The van der Waals surface area contributed by atoms with Gasteiger partial charge >= 0.3 is 6.01 Å². The van der Waals surface area contributed by atoms with Gasteiger partial charge < -0.3 is 14.8 Å². The van der Waals surface area contributed by atoms with Crippen LogP contribution in [-0.2, 0) is 0 Å².